The molecule has 0 saturated carbocycles. The van der Waals surface area contributed by atoms with Gasteiger partial charge in [-0.2, -0.15) is 0 Å². The van der Waals surface area contributed by atoms with Crippen molar-refractivity contribution in [3.05, 3.63) is 53.9 Å². The first-order chi connectivity index (χ1) is 12.7. The number of piperidine rings is 1. The lowest BCUT2D eigenvalue weighted by Crippen LogP contribution is -2.34. The summed E-state index contributed by atoms with van der Waals surface area (Å²) >= 11 is 0. The van der Waals surface area contributed by atoms with Gasteiger partial charge in [-0.15, -0.1) is 0 Å². The summed E-state index contributed by atoms with van der Waals surface area (Å²) in [6.45, 7) is 4.93. The molecule has 26 heavy (non-hydrogen) atoms. The molecule has 3 rings (SSSR count). The normalized spacial score (nSPS) is 17.0. The van der Waals surface area contributed by atoms with Crippen molar-refractivity contribution in [2.24, 2.45) is 5.92 Å². The van der Waals surface area contributed by atoms with Gasteiger partial charge in [0.2, 0.25) is 0 Å². The maximum absolute atomic E-state index is 12.4. The number of hydrogen-bond donors (Lipinski definition) is 1. The predicted octanol–water partition coefficient (Wildman–Crippen LogP) is 3.30. The van der Waals surface area contributed by atoms with Crippen LogP contribution >= 0.6 is 0 Å². The van der Waals surface area contributed by atoms with Crippen molar-refractivity contribution in [3.63, 3.8) is 0 Å². The topological polar surface area (TPSA) is 54.5 Å². The monoisotopic (exact) mass is 353 g/mol. The third-order valence-electron chi connectivity index (χ3n) is 4.87. The van der Waals surface area contributed by atoms with Gasteiger partial charge in [-0.05, 0) is 48.9 Å². The Kier molecular flexibility index (Phi) is 6.10. The standard InChI is InChI=1S/C21H27N3O2/c1-16-4-3-11-24(15-16)19-12-18(13-22-14-19)21(25)23-10-9-17-5-7-20(26-2)8-6-17/h5-8,12-14,16H,3-4,9-11,15H2,1-2H3,(H,23,25). The average Bonchev–Trinajstić information content (AvgIpc) is 2.68. The minimum absolute atomic E-state index is 0.0714. The number of amides is 1. The number of aromatic nitrogens is 1. The number of hydrogen-bond acceptors (Lipinski definition) is 4. The molecular formula is C21H27N3O2. The fourth-order valence-corrected chi connectivity index (χ4v) is 3.36. The number of benzene rings is 1. The van der Waals surface area contributed by atoms with E-state index in [9.17, 15) is 4.79 Å². The van der Waals surface area contributed by atoms with Crippen molar-refractivity contribution in [3.8, 4) is 5.75 Å². The van der Waals surface area contributed by atoms with Gasteiger partial charge in [-0.3, -0.25) is 9.78 Å². The minimum atomic E-state index is -0.0714. The Balaban J connectivity index is 1.54. The molecule has 1 atom stereocenters. The third kappa shape index (κ3) is 4.75. The van der Waals surface area contributed by atoms with E-state index in [1.54, 1.807) is 13.3 Å². The van der Waals surface area contributed by atoms with Crippen LogP contribution in [0.2, 0.25) is 0 Å². The summed E-state index contributed by atoms with van der Waals surface area (Å²) in [4.78, 5) is 19.0. The lowest BCUT2D eigenvalue weighted by Gasteiger charge is -2.32. The van der Waals surface area contributed by atoms with Crippen molar-refractivity contribution in [1.82, 2.24) is 10.3 Å². The van der Waals surface area contributed by atoms with Crippen molar-refractivity contribution in [2.45, 2.75) is 26.2 Å². The van der Waals surface area contributed by atoms with Gasteiger partial charge in [0, 0.05) is 25.8 Å². The molecule has 1 saturated heterocycles. The summed E-state index contributed by atoms with van der Waals surface area (Å²) in [7, 11) is 1.65. The molecule has 2 heterocycles. The molecule has 0 aliphatic carbocycles. The first kappa shape index (κ1) is 18.2. The van der Waals surface area contributed by atoms with E-state index >= 15 is 0 Å². The number of ether oxygens (including phenoxy) is 1. The van der Waals surface area contributed by atoms with Gasteiger partial charge in [0.25, 0.3) is 5.91 Å². The summed E-state index contributed by atoms with van der Waals surface area (Å²) in [5, 5.41) is 2.99. The van der Waals surface area contributed by atoms with Crippen LogP contribution in [0.25, 0.3) is 0 Å². The first-order valence-electron chi connectivity index (χ1n) is 9.27. The number of anilines is 1. The Hall–Kier alpha value is -2.56. The highest BCUT2D eigenvalue weighted by atomic mass is 16.5. The molecule has 1 aromatic carbocycles. The Labute approximate surface area is 155 Å². The van der Waals surface area contributed by atoms with Crippen LogP contribution in [-0.2, 0) is 6.42 Å². The van der Waals surface area contributed by atoms with E-state index in [2.05, 4.69) is 22.1 Å². The second kappa shape index (κ2) is 8.70. The van der Waals surface area contributed by atoms with Crippen LogP contribution in [-0.4, -0.2) is 37.6 Å². The fraction of sp³-hybridized carbons (Fsp3) is 0.429. The van der Waals surface area contributed by atoms with Crippen LogP contribution in [0.5, 0.6) is 5.75 Å². The van der Waals surface area contributed by atoms with Crippen molar-refractivity contribution < 1.29 is 9.53 Å². The molecule has 1 amide bonds. The van der Waals surface area contributed by atoms with Gasteiger partial charge in [-0.1, -0.05) is 19.1 Å². The smallest absolute Gasteiger partial charge is 0.252 e. The highest BCUT2D eigenvalue weighted by Crippen LogP contribution is 2.22. The summed E-state index contributed by atoms with van der Waals surface area (Å²) in [5.41, 5.74) is 2.83. The molecule has 1 unspecified atom stereocenters. The third-order valence-corrected chi connectivity index (χ3v) is 4.87. The number of methoxy groups -OCH3 is 1. The molecular weight excluding hydrogens is 326 g/mol. The summed E-state index contributed by atoms with van der Waals surface area (Å²) in [5.74, 6) is 1.45. The lowest BCUT2D eigenvalue weighted by atomic mass is 10.00. The van der Waals surface area contributed by atoms with Gasteiger partial charge in [-0.25, -0.2) is 0 Å². The van der Waals surface area contributed by atoms with E-state index in [4.69, 9.17) is 4.74 Å². The first-order valence-corrected chi connectivity index (χ1v) is 9.27. The largest absolute Gasteiger partial charge is 0.497 e. The van der Waals surface area contributed by atoms with Crippen LogP contribution in [0.4, 0.5) is 5.69 Å². The zero-order valence-electron chi connectivity index (χ0n) is 15.6. The number of nitrogens with zero attached hydrogens (tertiary/aromatic N) is 2. The summed E-state index contributed by atoms with van der Waals surface area (Å²) in [6, 6.07) is 9.86. The zero-order valence-corrected chi connectivity index (χ0v) is 15.6. The Morgan fingerprint density at radius 3 is 2.85 bits per heavy atom. The van der Waals surface area contributed by atoms with Gasteiger partial charge < -0.3 is 15.0 Å². The van der Waals surface area contributed by atoms with E-state index in [1.807, 2.05) is 36.5 Å². The maximum atomic E-state index is 12.4. The summed E-state index contributed by atoms with van der Waals surface area (Å²) in [6.07, 6.45) is 6.74. The number of rotatable bonds is 6. The van der Waals surface area contributed by atoms with Crippen LogP contribution in [0.15, 0.2) is 42.7 Å². The van der Waals surface area contributed by atoms with E-state index in [-0.39, 0.29) is 5.91 Å². The highest BCUT2D eigenvalue weighted by molar-refractivity contribution is 5.94. The number of pyridine rings is 1. The minimum Gasteiger partial charge on any atom is -0.497 e. The molecule has 1 fully saturated rings. The molecule has 5 heteroatoms. The fourth-order valence-electron chi connectivity index (χ4n) is 3.36. The molecule has 138 valence electrons. The molecule has 2 aromatic rings. The number of carbonyl (C=O) groups is 1. The second-order valence-electron chi connectivity index (χ2n) is 6.98. The molecule has 0 bridgehead atoms. The van der Waals surface area contributed by atoms with Gasteiger partial charge in [0.05, 0.1) is 24.6 Å². The molecule has 0 spiro atoms. The molecule has 1 N–H and O–H groups in total. The maximum Gasteiger partial charge on any atom is 0.252 e. The van der Waals surface area contributed by atoms with Gasteiger partial charge in [0.15, 0.2) is 0 Å². The van der Waals surface area contributed by atoms with Crippen LogP contribution in [0.3, 0.4) is 0 Å². The molecule has 1 aliphatic rings. The number of carbonyl (C=O) groups excluding carboxylic acids is 1. The van der Waals surface area contributed by atoms with Crippen LogP contribution in [0, 0.1) is 5.92 Å². The second-order valence-corrected chi connectivity index (χ2v) is 6.98. The Morgan fingerprint density at radius 2 is 2.12 bits per heavy atom. The van der Waals surface area contributed by atoms with E-state index in [0.717, 1.165) is 30.9 Å². The van der Waals surface area contributed by atoms with Gasteiger partial charge in [0.1, 0.15) is 5.75 Å². The SMILES string of the molecule is COc1ccc(CCNC(=O)c2cncc(N3CCCC(C)C3)c2)cc1. The van der Waals surface area contributed by atoms with Crippen LogP contribution < -0.4 is 15.0 Å². The summed E-state index contributed by atoms with van der Waals surface area (Å²) < 4.78 is 5.16. The quantitative estimate of drug-likeness (QED) is 0.866. The van der Waals surface area contributed by atoms with Crippen molar-refractivity contribution >= 4 is 11.6 Å². The molecule has 1 aliphatic heterocycles. The molecule has 1 aromatic heterocycles. The predicted molar refractivity (Wildman–Crippen MR) is 104 cm³/mol. The van der Waals surface area contributed by atoms with Crippen LogP contribution in [0.1, 0.15) is 35.7 Å². The molecule has 5 nitrogen and oxygen atoms in total. The Bertz CT molecular complexity index is 730. The van der Waals surface area contributed by atoms with E-state index in [1.165, 1.54) is 18.4 Å². The van der Waals surface area contributed by atoms with E-state index < -0.39 is 0 Å². The Morgan fingerprint density at radius 1 is 1.31 bits per heavy atom. The van der Waals surface area contributed by atoms with E-state index in [0.29, 0.717) is 18.0 Å². The van der Waals surface area contributed by atoms with Gasteiger partial charge >= 0.3 is 0 Å². The average molecular weight is 353 g/mol. The zero-order chi connectivity index (χ0) is 18.4. The lowest BCUT2D eigenvalue weighted by molar-refractivity contribution is 0.0954. The molecule has 0 radical (unpaired) electrons. The van der Waals surface area contributed by atoms with Crippen molar-refractivity contribution in [1.29, 1.82) is 0 Å². The van der Waals surface area contributed by atoms with Crippen molar-refractivity contribution in [2.75, 3.05) is 31.6 Å². The number of nitrogens with one attached hydrogen (secondary N) is 1. The highest BCUT2D eigenvalue weighted by Gasteiger charge is 2.18.